The van der Waals surface area contributed by atoms with E-state index in [0.29, 0.717) is 24.9 Å². The van der Waals surface area contributed by atoms with E-state index in [0.717, 1.165) is 32.4 Å². The smallest absolute Gasteiger partial charge is 0.236 e. The SMILES string of the molecule is CN(C)CC(=O)N1CC(CCC(=O)NC2CC2)C2(CCCCC2)C1. The van der Waals surface area contributed by atoms with Crippen molar-refractivity contribution >= 4 is 11.8 Å². The molecule has 5 heteroatoms. The largest absolute Gasteiger partial charge is 0.353 e. The standard InChI is InChI=1S/C19H33N3O2/c1-21(2)13-18(24)22-12-15(6-9-17(23)20-16-7-8-16)19(14-22)10-4-3-5-11-19/h15-16H,3-14H2,1-2H3,(H,20,23). The Bertz CT molecular complexity index is 467. The minimum atomic E-state index is 0.210. The third kappa shape index (κ3) is 4.29. The highest BCUT2D eigenvalue weighted by Gasteiger charge is 2.47. The van der Waals surface area contributed by atoms with Crippen molar-refractivity contribution in [2.45, 2.75) is 63.8 Å². The molecule has 2 amide bonds. The number of nitrogens with one attached hydrogen (secondary N) is 1. The number of nitrogens with zero attached hydrogens (tertiary/aromatic N) is 2. The average Bonchev–Trinajstić information content (AvgIpc) is 3.27. The lowest BCUT2D eigenvalue weighted by Gasteiger charge is -2.38. The van der Waals surface area contributed by atoms with E-state index < -0.39 is 0 Å². The van der Waals surface area contributed by atoms with Crippen molar-refractivity contribution < 1.29 is 9.59 Å². The summed E-state index contributed by atoms with van der Waals surface area (Å²) in [7, 11) is 3.90. The van der Waals surface area contributed by atoms with E-state index in [4.69, 9.17) is 0 Å². The fourth-order valence-corrected chi connectivity index (χ4v) is 4.65. The molecule has 5 nitrogen and oxygen atoms in total. The molecule has 1 atom stereocenters. The minimum Gasteiger partial charge on any atom is -0.353 e. The molecule has 1 N–H and O–H groups in total. The predicted molar refractivity (Wildman–Crippen MR) is 94.5 cm³/mol. The number of likely N-dealkylation sites (tertiary alicyclic amines) is 1. The van der Waals surface area contributed by atoms with Crippen molar-refractivity contribution in [1.29, 1.82) is 0 Å². The molecule has 136 valence electrons. The lowest BCUT2D eigenvalue weighted by molar-refractivity contribution is -0.131. The quantitative estimate of drug-likeness (QED) is 0.808. The van der Waals surface area contributed by atoms with Gasteiger partial charge in [-0.05, 0) is 57.5 Å². The van der Waals surface area contributed by atoms with Gasteiger partial charge in [-0.25, -0.2) is 0 Å². The van der Waals surface area contributed by atoms with Crippen molar-refractivity contribution in [2.75, 3.05) is 33.7 Å². The van der Waals surface area contributed by atoms with Gasteiger partial charge in [0.05, 0.1) is 6.54 Å². The second-order valence-electron chi connectivity index (χ2n) is 8.51. The molecular formula is C19H33N3O2. The van der Waals surface area contributed by atoms with Crippen LogP contribution in [0.15, 0.2) is 0 Å². The summed E-state index contributed by atoms with van der Waals surface area (Å²) in [5.41, 5.74) is 0.278. The average molecular weight is 335 g/mol. The molecule has 3 aliphatic rings. The van der Waals surface area contributed by atoms with Crippen LogP contribution in [0.1, 0.15) is 57.8 Å². The Hall–Kier alpha value is -1.10. The number of carbonyl (C=O) groups is 2. The Balaban J connectivity index is 1.60. The van der Waals surface area contributed by atoms with Gasteiger partial charge in [0.2, 0.25) is 11.8 Å². The minimum absolute atomic E-state index is 0.210. The molecule has 0 aromatic carbocycles. The third-order valence-corrected chi connectivity index (χ3v) is 6.13. The number of hydrogen-bond acceptors (Lipinski definition) is 3. The Kier molecular flexibility index (Phi) is 5.48. The van der Waals surface area contributed by atoms with E-state index in [1.165, 1.54) is 32.1 Å². The second kappa shape index (κ2) is 7.42. The van der Waals surface area contributed by atoms with Gasteiger partial charge in [-0.15, -0.1) is 0 Å². The van der Waals surface area contributed by atoms with Crippen LogP contribution in [0.25, 0.3) is 0 Å². The van der Waals surface area contributed by atoms with Crippen molar-refractivity contribution in [3.05, 3.63) is 0 Å². The van der Waals surface area contributed by atoms with Crippen LogP contribution in [0.4, 0.5) is 0 Å². The number of carbonyl (C=O) groups excluding carboxylic acids is 2. The Morgan fingerprint density at radius 1 is 1.17 bits per heavy atom. The second-order valence-corrected chi connectivity index (χ2v) is 8.51. The van der Waals surface area contributed by atoms with Gasteiger partial charge < -0.3 is 15.1 Å². The predicted octanol–water partition coefficient (Wildman–Crippen LogP) is 2.02. The number of amides is 2. The maximum absolute atomic E-state index is 12.5. The molecule has 3 rings (SSSR count). The Morgan fingerprint density at radius 3 is 2.50 bits per heavy atom. The van der Waals surface area contributed by atoms with E-state index in [9.17, 15) is 9.59 Å². The molecular weight excluding hydrogens is 302 g/mol. The highest BCUT2D eigenvalue weighted by Crippen LogP contribution is 2.49. The summed E-state index contributed by atoms with van der Waals surface area (Å²) in [6.45, 7) is 2.25. The maximum atomic E-state index is 12.5. The van der Waals surface area contributed by atoms with Gasteiger partial charge in [0, 0.05) is 25.6 Å². The topological polar surface area (TPSA) is 52.7 Å². The molecule has 2 saturated carbocycles. The van der Waals surface area contributed by atoms with Crippen LogP contribution >= 0.6 is 0 Å². The van der Waals surface area contributed by atoms with E-state index >= 15 is 0 Å². The first kappa shape index (κ1) is 17.7. The summed E-state index contributed by atoms with van der Waals surface area (Å²) in [5.74, 6) is 0.949. The first-order valence-corrected chi connectivity index (χ1v) is 9.70. The van der Waals surface area contributed by atoms with E-state index in [1.807, 2.05) is 19.0 Å². The van der Waals surface area contributed by atoms with Gasteiger partial charge in [0.1, 0.15) is 0 Å². The number of rotatable bonds is 6. The molecule has 0 bridgehead atoms. The fraction of sp³-hybridized carbons (Fsp3) is 0.895. The van der Waals surface area contributed by atoms with Gasteiger partial charge in [-0.1, -0.05) is 19.3 Å². The molecule has 0 radical (unpaired) electrons. The molecule has 1 unspecified atom stereocenters. The molecule has 1 heterocycles. The summed E-state index contributed by atoms with van der Waals surface area (Å²) in [6.07, 6.45) is 10.2. The monoisotopic (exact) mass is 335 g/mol. The molecule has 24 heavy (non-hydrogen) atoms. The summed E-state index contributed by atoms with van der Waals surface area (Å²) in [4.78, 5) is 28.6. The van der Waals surface area contributed by atoms with Crippen LogP contribution in [-0.2, 0) is 9.59 Å². The molecule has 1 spiro atoms. The molecule has 1 saturated heterocycles. The first-order valence-electron chi connectivity index (χ1n) is 9.70. The normalized spacial score (nSPS) is 26.1. The first-order chi connectivity index (χ1) is 11.5. The third-order valence-electron chi connectivity index (χ3n) is 6.13. The van der Waals surface area contributed by atoms with E-state index in [-0.39, 0.29) is 17.2 Å². The fourth-order valence-electron chi connectivity index (χ4n) is 4.65. The maximum Gasteiger partial charge on any atom is 0.236 e. The molecule has 1 aliphatic heterocycles. The summed E-state index contributed by atoms with van der Waals surface area (Å²) >= 11 is 0. The van der Waals surface area contributed by atoms with Crippen molar-refractivity contribution in [1.82, 2.24) is 15.1 Å². The van der Waals surface area contributed by atoms with Gasteiger partial charge in [-0.3, -0.25) is 9.59 Å². The number of likely N-dealkylation sites (N-methyl/N-ethyl adjacent to an activating group) is 1. The Labute approximate surface area is 146 Å². The van der Waals surface area contributed by atoms with Crippen LogP contribution in [0, 0.1) is 11.3 Å². The van der Waals surface area contributed by atoms with Crippen LogP contribution in [0.3, 0.4) is 0 Å². The zero-order chi connectivity index (χ0) is 17.2. The van der Waals surface area contributed by atoms with Gasteiger partial charge in [0.25, 0.3) is 0 Å². The van der Waals surface area contributed by atoms with Crippen molar-refractivity contribution in [3.63, 3.8) is 0 Å². The molecule has 2 aliphatic carbocycles. The van der Waals surface area contributed by atoms with E-state index in [2.05, 4.69) is 10.2 Å². The van der Waals surface area contributed by atoms with E-state index in [1.54, 1.807) is 0 Å². The number of hydrogen-bond donors (Lipinski definition) is 1. The van der Waals surface area contributed by atoms with Gasteiger partial charge in [-0.2, -0.15) is 0 Å². The zero-order valence-electron chi connectivity index (χ0n) is 15.4. The highest BCUT2D eigenvalue weighted by atomic mass is 16.2. The molecule has 0 aromatic heterocycles. The van der Waals surface area contributed by atoms with Gasteiger partial charge >= 0.3 is 0 Å². The highest BCUT2D eigenvalue weighted by molar-refractivity contribution is 5.79. The van der Waals surface area contributed by atoms with Crippen LogP contribution < -0.4 is 5.32 Å². The van der Waals surface area contributed by atoms with Crippen LogP contribution in [0.2, 0.25) is 0 Å². The molecule has 0 aromatic rings. The van der Waals surface area contributed by atoms with Crippen molar-refractivity contribution in [2.24, 2.45) is 11.3 Å². The van der Waals surface area contributed by atoms with Crippen LogP contribution in [0.5, 0.6) is 0 Å². The summed E-state index contributed by atoms with van der Waals surface area (Å²) in [5, 5.41) is 3.10. The summed E-state index contributed by atoms with van der Waals surface area (Å²) in [6, 6.07) is 0.447. The molecule has 3 fully saturated rings. The zero-order valence-corrected chi connectivity index (χ0v) is 15.4. The van der Waals surface area contributed by atoms with Crippen LogP contribution in [-0.4, -0.2) is 61.4 Å². The lowest BCUT2D eigenvalue weighted by atomic mass is 9.66. The van der Waals surface area contributed by atoms with Gasteiger partial charge in [0.15, 0.2) is 0 Å². The Morgan fingerprint density at radius 2 is 1.88 bits per heavy atom. The summed E-state index contributed by atoms with van der Waals surface area (Å²) < 4.78 is 0. The lowest BCUT2D eigenvalue weighted by Crippen LogP contribution is -2.38. The van der Waals surface area contributed by atoms with Crippen molar-refractivity contribution in [3.8, 4) is 0 Å².